The van der Waals surface area contributed by atoms with Crippen LogP contribution in [0.25, 0.3) is 0 Å². The third-order valence-corrected chi connectivity index (χ3v) is 3.92. The van der Waals surface area contributed by atoms with Crippen molar-refractivity contribution in [3.63, 3.8) is 0 Å². The van der Waals surface area contributed by atoms with E-state index in [0.717, 1.165) is 18.9 Å². The molecule has 0 radical (unpaired) electrons. The number of nitrogens with one attached hydrogen (secondary N) is 1. The number of nitrogens with two attached hydrogens (primary N) is 1. The number of anilines is 1. The molecule has 0 spiro atoms. The zero-order valence-electron chi connectivity index (χ0n) is 9.65. The van der Waals surface area contributed by atoms with Crippen molar-refractivity contribution in [1.82, 2.24) is 15.1 Å². The van der Waals surface area contributed by atoms with Gasteiger partial charge in [0.05, 0.1) is 11.7 Å². The van der Waals surface area contributed by atoms with Crippen molar-refractivity contribution in [3.8, 4) is 0 Å². The van der Waals surface area contributed by atoms with Crippen LogP contribution in [0.3, 0.4) is 0 Å². The Morgan fingerprint density at radius 1 is 1.31 bits per heavy atom. The molecular formula is C12H20N4. The van der Waals surface area contributed by atoms with E-state index in [0.29, 0.717) is 12.0 Å². The number of piperidine rings is 1. The van der Waals surface area contributed by atoms with Crippen molar-refractivity contribution in [3.05, 3.63) is 11.8 Å². The van der Waals surface area contributed by atoms with Crippen LogP contribution in [0.1, 0.15) is 49.8 Å². The molecule has 1 aliphatic carbocycles. The predicted octanol–water partition coefficient (Wildman–Crippen LogP) is 1.66. The minimum Gasteiger partial charge on any atom is -0.384 e. The Morgan fingerprint density at radius 2 is 2.19 bits per heavy atom. The standard InChI is InChI=1S/C12H20N4/c13-12-7-11(9-3-1-4-9)15-16(12)10-5-2-6-14-8-10/h7,9-10,14H,1-6,8,13H2/t10-/m1/s1. The van der Waals surface area contributed by atoms with E-state index in [2.05, 4.69) is 11.4 Å². The van der Waals surface area contributed by atoms with E-state index in [9.17, 15) is 0 Å². The van der Waals surface area contributed by atoms with Crippen LogP contribution in [0.4, 0.5) is 5.82 Å². The molecular weight excluding hydrogens is 200 g/mol. The molecule has 4 heteroatoms. The largest absolute Gasteiger partial charge is 0.384 e. The van der Waals surface area contributed by atoms with E-state index < -0.39 is 0 Å². The highest BCUT2D eigenvalue weighted by atomic mass is 15.3. The average Bonchev–Trinajstić information content (AvgIpc) is 2.59. The molecule has 3 N–H and O–H groups in total. The van der Waals surface area contributed by atoms with Crippen molar-refractivity contribution >= 4 is 5.82 Å². The molecule has 88 valence electrons. The summed E-state index contributed by atoms with van der Waals surface area (Å²) in [5.74, 6) is 1.52. The monoisotopic (exact) mass is 220 g/mol. The van der Waals surface area contributed by atoms with Crippen molar-refractivity contribution in [2.45, 2.75) is 44.1 Å². The molecule has 16 heavy (non-hydrogen) atoms. The fourth-order valence-corrected chi connectivity index (χ4v) is 2.67. The lowest BCUT2D eigenvalue weighted by molar-refractivity contribution is 0.341. The number of rotatable bonds is 2. The normalized spacial score (nSPS) is 26.6. The third kappa shape index (κ3) is 1.71. The Labute approximate surface area is 96.2 Å². The van der Waals surface area contributed by atoms with Gasteiger partial charge >= 0.3 is 0 Å². The van der Waals surface area contributed by atoms with Crippen LogP contribution in [0.5, 0.6) is 0 Å². The van der Waals surface area contributed by atoms with Gasteiger partial charge in [-0.2, -0.15) is 5.10 Å². The molecule has 1 saturated carbocycles. The fourth-order valence-electron chi connectivity index (χ4n) is 2.67. The maximum atomic E-state index is 6.06. The lowest BCUT2D eigenvalue weighted by atomic mass is 9.83. The van der Waals surface area contributed by atoms with Gasteiger partial charge in [0.1, 0.15) is 5.82 Å². The summed E-state index contributed by atoms with van der Waals surface area (Å²) >= 11 is 0. The lowest BCUT2D eigenvalue weighted by Crippen LogP contribution is -2.32. The fraction of sp³-hybridized carbons (Fsp3) is 0.750. The van der Waals surface area contributed by atoms with Gasteiger partial charge in [-0.1, -0.05) is 6.42 Å². The Kier molecular flexibility index (Phi) is 2.59. The van der Waals surface area contributed by atoms with Gasteiger partial charge in [0, 0.05) is 18.5 Å². The maximum Gasteiger partial charge on any atom is 0.122 e. The van der Waals surface area contributed by atoms with Crippen LogP contribution in [-0.2, 0) is 0 Å². The Bertz CT molecular complexity index is 361. The molecule has 2 fully saturated rings. The van der Waals surface area contributed by atoms with E-state index in [4.69, 9.17) is 10.8 Å². The van der Waals surface area contributed by atoms with Gasteiger partial charge in [0.2, 0.25) is 0 Å². The molecule has 1 aromatic rings. The van der Waals surface area contributed by atoms with Gasteiger partial charge in [-0.05, 0) is 32.2 Å². The van der Waals surface area contributed by atoms with Crippen molar-refractivity contribution in [2.75, 3.05) is 18.8 Å². The molecule has 4 nitrogen and oxygen atoms in total. The van der Waals surface area contributed by atoms with Gasteiger partial charge in [0.15, 0.2) is 0 Å². The molecule has 1 atom stereocenters. The second-order valence-electron chi connectivity index (χ2n) is 5.07. The number of nitrogens with zero attached hydrogens (tertiary/aromatic N) is 2. The molecule has 1 aromatic heterocycles. The summed E-state index contributed by atoms with van der Waals surface area (Å²) in [5.41, 5.74) is 7.28. The number of hydrogen-bond acceptors (Lipinski definition) is 3. The van der Waals surface area contributed by atoms with Crippen LogP contribution in [-0.4, -0.2) is 22.9 Å². The summed E-state index contributed by atoms with van der Waals surface area (Å²) in [6, 6.07) is 2.54. The first-order chi connectivity index (χ1) is 7.84. The SMILES string of the molecule is Nc1cc(C2CCC2)nn1[C@@H]1CCCNC1. The van der Waals surface area contributed by atoms with E-state index in [1.165, 1.54) is 37.8 Å². The summed E-state index contributed by atoms with van der Waals surface area (Å²) in [6.07, 6.45) is 6.35. The first kappa shape index (κ1) is 10.1. The van der Waals surface area contributed by atoms with Crippen LogP contribution < -0.4 is 11.1 Å². The second-order valence-corrected chi connectivity index (χ2v) is 5.07. The van der Waals surface area contributed by atoms with Gasteiger partial charge in [0.25, 0.3) is 0 Å². The molecule has 1 saturated heterocycles. The van der Waals surface area contributed by atoms with E-state index >= 15 is 0 Å². The molecule has 2 heterocycles. The Morgan fingerprint density at radius 3 is 2.81 bits per heavy atom. The van der Waals surface area contributed by atoms with Crippen LogP contribution in [0.2, 0.25) is 0 Å². The van der Waals surface area contributed by atoms with Crippen LogP contribution in [0, 0.1) is 0 Å². The minimum absolute atomic E-state index is 0.461. The number of hydrogen-bond donors (Lipinski definition) is 2. The van der Waals surface area contributed by atoms with Crippen LogP contribution in [0.15, 0.2) is 6.07 Å². The summed E-state index contributed by atoms with van der Waals surface area (Å²) in [7, 11) is 0. The summed E-state index contributed by atoms with van der Waals surface area (Å²) in [4.78, 5) is 0. The van der Waals surface area contributed by atoms with Gasteiger partial charge in [-0.3, -0.25) is 0 Å². The molecule has 0 unspecified atom stereocenters. The molecule has 3 rings (SSSR count). The molecule has 1 aliphatic heterocycles. The summed E-state index contributed by atoms with van der Waals surface area (Å²) in [5, 5.41) is 8.12. The topological polar surface area (TPSA) is 55.9 Å². The zero-order chi connectivity index (χ0) is 11.0. The quantitative estimate of drug-likeness (QED) is 0.797. The molecule has 2 aliphatic rings. The molecule has 0 aromatic carbocycles. The number of aromatic nitrogens is 2. The average molecular weight is 220 g/mol. The highest BCUT2D eigenvalue weighted by Crippen LogP contribution is 2.36. The molecule has 0 amide bonds. The Balaban J connectivity index is 1.79. The highest BCUT2D eigenvalue weighted by molar-refractivity contribution is 5.33. The second kappa shape index (κ2) is 4.09. The van der Waals surface area contributed by atoms with Crippen molar-refractivity contribution in [2.24, 2.45) is 0 Å². The zero-order valence-corrected chi connectivity index (χ0v) is 9.65. The van der Waals surface area contributed by atoms with E-state index in [1.54, 1.807) is 0 Å². The first-order valence-electron chi connectivity index (χ1n) is 6.40. The lowest BCUT2D eigenvalue weighted by Gasteiger charge is -2.25. The molecule has 0 bridgehead atoms. The van der Waals surface area contributed by atoms with Crippen LogP contribution >= 0.6 is 0 Å². The number of nitrogen functional groups attached to an aromatic ring is 1. The van der Waals surface area contributed by atoms with Crippen molar-refractivity contribution < 1.29 is 0 Å². The highest BCUT2D eigenvalue weighted by Gasteiger charge is 2.25. The van der Waals surface area contributed by atoms with Gasteiger partial charge in [-0.25, -0.2) is 4.68 Å². The third-order valence-electron chi connectivity index (χ3n) is 3.92. The Hall–Kier alpha value is -1.03. The summed E-state index contributed by atoms with van der Waals surface area (Å²) in [6.45, 7) is 2.14. The maximum absolute atomic E-state index is 6.06. The van der Waals surface area contributed by atoms with Crippen molar-refractivity contribution in [1.29, 1.82) is 0 Å². The smallest absolute Gasteiger partial charge is 0.122 e. The van der Waals surface area contributed by atoms with Gasteiger partial charge in [-0.15, -0.1) is 0 Å². The van der Waals surface area contributed by atoms with Gasteiger partial charge < -0.3 is 11.1 Å². The summed E-state index contributed by atoms with van der Waals surface area (Å²) < 4.78 is 2.04. The minimum atomic E-state index is 0.461. The predicted molar refractivity (Wildman–Crippen MR) is 64.4 cm³/mol. The van der Waals surface area contributed by atoms with E-state index in [1.807, 2.05) is 4.68 Å². The van der Waals surface area contributed by atoms with E-state index in [-0.39, 0.29) is 0 Å². The first-order valence-corrected chi connectivity index (χ1v) is 6.40.